The van der Waals surface area contributed by atoms with E-state index in [-0.39, 0.29) is 24.4 Å². The van der Waals surface area contributed by atoms with Crippen LogP contribution in [-0.4, -0.2) is 29.1 Å². The number of rotatable bonds is 6. The maximum atomic E-state index is 12.8. The second-order valence-corrected chi connectivity index (χ2v) is 6.44. The van der Waals surface area contributed by atoms with Crippen LogP contribution in [0.5, 0.6) is 0 Å². The molecule has 0 amide bonds. The Balaban J connectivity index is 1.88. The molecule has 1 N–H and O–H groups in total. The molecule has 2 atom stereocenters. The van der Waals surface area contributed by atoms with E-state index in [0.717, 1.165) is 5.56 Å². The second kappa shape index (κ2) is 9.33. The van der Waals surface area contributed by atoms with Crippen LogP contribution < -0.4 is 0 Å². The maximum Gasteiger partial charge on any atom is 0.303 e. The Labute approximate surface area is 153 Å². The van der Waals surface area contributed by atoms with Gasteiger partial charge >= 0.3 is 5.97 Å². The number of aliphatic carboxylic acids is 1. The molecule has 1 aliphatic heterocycles. The van der Waals surface area contributed by atoms with E-state index in [1.807, 2.05) is 26.0 Å². The molecule has 1 fully saturated rings. The molecule has 0 unspecified atom stereocenters. The first kappa shape index (κ1) is 19.9. The highest BCUT2D eigenvalue weighted by Gasteiger charge is 2.39. The Morgan fingerprint density at radius 1 is 1.27 bits per heavy atom. The molecule has 0 radical (unpaired) electrons. The van der Waals surface area contributed by atoms with Crippen molar-refractivity contribution in [2.45, 2.75) is 51.1 Å². The molecule has 0 spiro atoms. The molecule has 0 bridgehead atoms. The Morgan fingerprint density at radius 3 is 2.69 bits per heavy atom. The highest BCUT2D eigenvalue weighted by atomic mass is 19.1. The van der Waals surface area contributed by atoms with Crippen LogP contribution in [0.2, 0.25) is 0 Å². The van der Waals surface area contributed by atoms with E-state index in [9.17, 15) is 9.18 Å². The molecule has 26 heavy (non-hydrogen) atoms. The van der Waals surface area contributed by atoms with Gasteiger partial charge in [-0.3, -0.25) is 4.79 Å². The first-order chi connectivity index (χ1) is 12.4. The molecule has 0 aliphatic carbocycles. The third-order valence-corrected chi connectivity index (χ3v) is 3.75. The smallest absolute Gasteiger partial charge is 0.303 e. The molecule has 4 nitrogen and oxygen atoms in total. The highest BCUT2D eigenvalue weighted by Crippen LogP contribution is 2.31. The van der Waals surface area contributed by atoms with Crippen molar-refractivity contribution in [1.82, 2.24) is 0 Å². The molecule has 1 aromatic carbocycles. The van der Waals surface area contributed by atoms with Gasteiger partial charge in [-0.1, -0.05) is 30.1 Å². The molecule has 0 saturated carbocycles. The minimum Gasteiger partial charge on any atom is -0.481 e. The SMILES string of the molecule is CC1(C)O[C@@H](CCCC(=O)O)[C@@H](/C=C/C=C/C#Cc2ccc(F)cc2)O1. The number of benzene rings is 1. The lowest BCUT2D eigenvalue weighted by molar-refractivity contribution is -0.143. The molecule has 1 aliphatic rings. The predicted octanol–water partition coefficient (Wildman–Crippen LogP) is 4.06. The van der Waals surface area contributed by atoms with E-state index in [0.29, 0.717) is 12.8 Å². The van der Waals surface area contributed by atoms with Crippen LogP contribution in [0.4, 0.5) is 4.39 Å². The average molecular weight is 358 g/mol. The molecule has 2 rings (SSSR count). The zero-order valence-electron chi connectivity index (χ0n) is 14.9. The minimum absolute atomic E-state index is 0.121. The van der Waals surface area contributed by atoms with E-state index in [4.69, 9.17) is 14.6 Å². The van der Waals surface area contributed by atoms with Gasteiger partial charge in [0.15, 0.2) is 5.79 Å². The first-order valence-corrected chi connectivity index (χ1v) is 8.53. The van der Waals surface area contributed by atoms with Gasteiger partial charge in [0.2, 0.25) is 0 Å². The Morgan fingerprint density at radius 2 is 2.00 bits per heavy atom. The fourth-order valence-corrected chi connectivity index (χ4v) is 2.64. The Hall–Kier alpha value is -2.42. The fraction of sp³-hybridized carbons (Fsp3) is 0.381. The van der Waals surface area contributed by atoms with Gasteiger partial charge in [-0.2, -0.15) is 0 Å². The second-order valence-electron chi connectivity index (χ2n) is 6.44. The summed E-state index contributed by atoms with van der Waals surface area (Å²) in [5.41, 5.74) is 0.743. The van der Waals surface area contributed by atoms with Gasteiger partial charge in [0.1, 0.15) is 11.9 Å². The van der Waals surface area contributed by atoms with Crippen LogP contribution in [0.1, 0.15) is 38.7 Å². The van der Waals surface area contributed by atoms with Crippen molar-refractivity contribution in [2.75, 3.05) is 0 Å². The number of carboxylic acid groups (broad SMARTS) is 1. The molecular weight excluding hydrogens is 335 g/mol. The largest absolute Gasteiger partial charge is 0.481 e. The van der Waals surface area contributed by atoms with Crippen molar-refractivity contribution < 1.29 is 23.8 Å². The lowest BCUT2D eigenvalue weighted by Crippen LogP contribution is -2.21. The number of ether oxygens (including phenoxy) is 2. The number of carboxylic acids is 1. The first-order valence-electron chi connectivity index (χ1n) is 8.53. The van der Waals surface area contributed by atoms with Crippen molar-refractivity contribution in [1.29, 1.82) is 0 Å². The van der Waals surface area contributed by atoms with E-state index in [2.05, 4.69) is 11.8 Å². The lowest BCUT2D eigenvalue weighted by Gasteiger charge is -2.16. The normalized spacial score (nSPS) is 21.8. The average Bonchev–Trinajstić information content (AvgIpc) is 2.86. The number of allylic oxidation sites excluding steroid dienone is 3. The standard InChI is InChI=1S/C21H23FO4/c1-21(2)25-18(19(26-21)10-7-11-20(23)24)9-6-4-3-5-8-16-12-14-17(22)15-13-16/h3-4,6,9,12-15,18-19H,7,10-11H2,1-2H3,(H,23,24)/b4-3+,9-6+/t18-,19+/m1/s1. The van der Waals surface area contributed by atoms with Crippen molar-refractivity contribution >= 4 is 5.97 Å². The van der Waals surface area contributed by atoms with Crippen LogP contribution in [-0.2, 0) is 14.3 Å². The van der Waals surface area contributed by atoms with Gasteiger partial charge in [-0.25, -0.2) is 4.39 Å². The van der Waals surface area contributed by atoms with E-state index in [1.165, 1.54) is 12.1 Å². The van der Waals surface area contributed by atoms with Crippen molar-refractivity contribution in [3.05, 3.63) is 60.0 Å². The molecule has 1 aromatic rings. The summed E-state index contributed by atoms with van der Waals surface area (Å²) in [4.78, 5) is 10.6. The van der Waals surface area contributed by atoms with Gasteiger partial charge in [-0.15, -0.1) is 0 Å². The Kier molecular flexibility index (Phi) is 7.14. The summed E-state index contributed by atoms with van der Waals surface area (Å²) in [5.74, 6) is 4.01. The number of hydrogen-bond acceptors (Lipinski definition) is 3. The summed E-state index contributed by atoms with van der Waals surface area (Å²) in [6.07, 6.45) is 8.10. The van der Waals surface area contributed by atoms with Crippen molar-refractivity contribution in [3.8, 4) is 11.8 Å². The summed E-state index contributed by atoms with van der Waals surface area (Å²) >= 11 is 0. The zero-order chi connectivity index (χ0) is 19.0. The third-order valence-electron chi connectivity index (χ3n) is 3.75. The summed E-state index contributed by atoms with van der Waals surface area (Å²) in [7, 11) is 0. The van der Waals surface area contributed by atoms with Gasteiger partial charge in [-0.05, 0) is 57.0 Å². The van der Waals surface area contributed by atoms with E-state index in [1.54, 1.807) is 24.3 Å². The lowest BCUT2D eigenvalue weighted by atomic mass is 10.1. The van der Waals surface area contributed by atoms with E-state index >= 15 is 0 Å². The summed E-state index contributed by atoms with van der Waals surface area (Å²) in [6, 6.07) is 5.99. The fourth-order valence-electron chi connectivity index (χ4n) is 2.64. The van der Waals surface area contributed by atoms with Crippen LogP contribution >= 0.6 is 0 Å². The molecule has 1 saturated heterocycles. The van der Waals surface area contributed by atoms with Crippen LogP contribution in [0.3, 0.4) is 0 Å². The number of halogens is 1. The zero-order valence-corrected chi connectivity index (χ0v) is 14.9. The summed E-state index contributed by atoms with van der Waals surface area (Å²) in [5, 5.41) is 8.75. The van der Waals surface area contributed by atoms with Gasteiger partial charge < -0.3 is 14.6 Å². The monoisotopic (exact) mass is 358 g/mol. The van der Waals surface area contributed by atoms with Crippen LogP contribution in [0.25, 0.3) is 0 Å². The quantitative estimate of drug-likeness (QED) is 0.615. The van der Waals surface area contributed by atoms with Crippen molar-refractivity contribution in [3.63, 3.8) is 0 Å². The van der Waals surface area contributed by atoms with Crippen LogP contribution in [0, 0.1) is 17.7 Å². The number of carbonyl (C=O) groups is 1. The predicted molar refractivity (Wildman–Crippen MR) is 96.9 cm³/mol. The van der Waals surface area contributed by atoms with Gasteiger partial charge in [0.05, 0.1) is 6.10 Å². The molecule has 5 heteroatoms. The van der Waals surface area contributed by atoms with Gasteiger partial charge in [0.25, 0.3) is 0 Å². The van der Waals surface area contributed by atoms with Crippen molar-refractivity contribution in [2.24, 2.45) is 0 Å². The third kappa shape index (κ3) is 6.83. The molecule has 0 aromatic heterocycles. The maximum absolute atomic E-state index is 12.8. The number of hydrogen-bond donors (Lipinski definition) is 1. The molecule has 138 valence electrons. The van der Waals surface area contributed by atoms with Crippen LogP contribution in [0.15, 0.2) is 48.6 Å². The molecule has 1 heterocycles. The topological polar surface area (TPSA) is 55.8 Å². The van der Waals surface area contributed by atoms with E-state index < -0.39 is 11.8 Å². The summed E-state index contributed by atoms with van der Waals surface area (Å²) in [6.45, 7) is 3.68. The Bertz CT molecular complexity index is 723. The van der Waals surface area contributed by atoms with Gasteiger partial charge in [0, 0.05) is 12.0 Å². The molecular formula is C21H23FO4. The minimum atomic E-state index is -0.807. The highest BCUT2D eigenvalue weighted by molar-refractivity contribution is 5.66. The summed E-state index contributed by atoms with van der Waals surface area (Å²) < 4.78 is 24.5.